The summed E-state index contributed by atoms with van der Waals surface area (Å²) in [7, 11) is 0. The Labute approximate surface area is 152 Å². The quantitative estimate of drug-likeness (QED) is 0.643. The van der Waals surface area contributed by atoms with Crippen molar-refractivity contribution in [3.05, 3.63) is 93.9 Å². The van der Waals surface area contributed by atoms with Gasteiger partial charge in [0.15, 0.2) is 0 Å². The number of aliphatic hydroxyl groups is 1. The maximum atomic E-state index is 13.1. The molecule has 2 nitrogen and oxygen atoms in total. The van der Waals surface area contributed by atoms with Crippen molar-refractivity contribution in [3.63, 3.8) is 0 Å². The summed E-state index contributed by atoms with van der Waals surface area (Å²) in [6.07, 6.45) is 0.188. The fraction of sp³-hybridized carbons (Fsp3) is 0.238. The number of rotatable bonds is 8. The van der Waals surface area contributed by atoms with Crippen molar-refractivity contribution in [1.29, 1.82) is 0 Å². The van der Waals surface area contributed by atoms with Crippen LogP contribution >= 0.6 is 11.3 Å². The summed E-state index contributed by atoms with van der Waals surface area (Å²) >= 11 is 1.71. The fourth-order valence-electron chi connectivity index (χ4n) is 2.90. The highest BCUT2D eigenvalue weighted by Gasteiger charge is 2.14. The lowest BCUT2D eigenvalue weighted by Gasteiger charge is -2.25. The normalized spacial score (nSPS) is 12.4. The molecule has 130 valence electrons. The summed E-state index contributed by atoms with van der Waals surface area (Å²) in [6.45, 7) is 2.04. The van der Waals surface area contributed by atoms with Crippen LogP contribution in [0.2, 0.25) is 0 Å². The highest BCUT2D eigenvalue weighted by Crippen LogP contribution is 2.16. The SMILES string of the molecule is OC(Cc1ccccc1)CN(Cc1ccc(F)cc1)Cc1cccs1. The van der Waals surface area contributed by atoms with Crippen molar-refractivity contribution >= 4 is 11.3 Å². The molecule has 0 spiro atoms. The molecular weight excluding hydrogens is 333 g/mol. The molecule has 0 aliphatic rings. The minimum atomic E-state index is -0.442. The molecule has 1 unspecified atom stereocenters. The second-order valence-electron chi connectivity index (χ2n) is 6.22. The van der Waals surface area contributed by atoms with Gasteiger partial charge < -0.3 is 5.11 Å². The molecule has 0 amide bonds. The van der Waals surface area contributed by atoms with Crippen LogP contribution in [-0.2, 0) is 19.5 Å². The van der Waals surface area contributed by atoms with E-state index in [1.165, 1.54) is 17.0 Å². The second kappa shape index (κ2) is 8.90. The number of hydrogen-bond donors (Lipinski definition) is 1. The Bertz CT molecular complexity index is 743. The number of thiophene rings is 1. The molecule has 1 N–H and O–H groups in total. The monoisotopic (exact) mass is 355 g/mol. The zero-order valence-corrected chi connectivity index (χ0v) is 14.8. The first-order valence-corrected chi connectivity index (χ1v) is 9.28. The van der Waals surface area contributed by atoms with Crippen molar-refractivity contribution < 1.29 is 9.50 Å². The van der Waals surface area contributed by atoms with Crippen LogP contribution in [0.1, 0.15) is 16.0 Å². The number of hydrogen-bond acceptors (Lipinski definition) is 3. The van der Waals surface area contributed by atoms with Crippen LogP contribution in [0.25, 0.3) is 0 Å². The molecule has 0 fully saturated rings. The lowest BCUT2D eigenvalue weighted by Crippen LogP contribution is -2.32. The van der Waals surface area contributed by atoms with E-state index in [2.05, 4.69) is 16.3 Å². The number of aliphatic hydroxyl groups excluding tert-OH is 1. The summed E-state index contributed by atoms with van der Waals surface area (Å²) in [6, 6.07) is 20.8. The first-order chi connectivity index (χ1) is 12.2. The molecule has 0 saturated carbocycles. The van der Waals surface area contributed by atoms with Crippen molar-refractivity contribution in [2.75, 3.05) is 6.54 Å². The van der Waals surface area contributed by atoms with Gasteiger partial charge in [0.05, 0.1) is 6.10 Å². The average molecular weight is 355 g/mol. The van der Waals surface area contributed by atoms with E-state index >= 15 is 0 Å². The summed E-state index contributed by atoms with van der Waals surface area (Å²) in [4.78, 5) is 3.47. The predicted octanol–water partition coefficient (Wildman–Crippen LogP) is 4.49. The molecule has 1 atom stereocenters. The summed E-state index contributed by atoms with van der Waals surface area (Å²) < 4.78 is 13.1. The van der Waals surface area contributed by atoms with Gasteiger partial charge in [-0.1, -0.05) is 48.5 Å². The maximum Gasteiger partial charge on any atom is 0.123 e. The second-order valence-corrected chi connectivity index (χ2v) is 7.25. The van der Waals surface area contributed by atoms with Gasteiger partial charge in [0.25, 0.3) is 0 Å². The fourth-order valence-corrected chi connectivity index (χ4v) is 3.65. The molecule has 2 aromatic carbocycles. The van der Waals surface area contributed by atoms with Gasteiger partial charge in [-0.15, -0.1) is 11.3 Å². The van der Waals surface area contributed by atoms with Crippen LogP contribution in [-0.4, -0.2) is 22.7 Å². The van der Waals surface area contributed by atoms with Gasteiger partial charge >= 0.3 is 0 Å². The van der Waals surface area contributed by atoms with E-state index in [4.69, 9.17) is 0 Å². The Kier molecular flexibility index (Phi) is 6.34. The molecule has 1 heterocycles. The van der Waals surface area contributed by atoms with Crippen LogP contribution in [0, 0.1) is 5.82 Å². The molecule has 3 rings (SSSR count). The van der Waals surface area contributed by atoms with Crippen molar-refractivity contribution in [2.45, 2.75) is 25.6 Å². The smallest absolute Gasteiger partial charge is 0.123 e. The van der Waals surface area contributed by atoms with Crippen LogP contribution in [0.15, 0.2) is 72.1 Å². The molecule has 0 radical (unpaired) electrons. The molecular formula is C21H22FNOS. The van der Waals surface area contributed by atoms with Crippen LogP contribution in [0.4, 0.5) is 4.39 Å². The first kappa shape index (κ1) is 17.8. The average Bonchev–Trinajstić information content (AvgIpc) is 3.10. The van der Waals surface area contributed by atoms with Gasteiger partial charge in [-0.05, 0) is 41.1 Å². The largest absolute Gasteiger partial charge is 0.391 e. The minimum Gasteiger partial charge on any atom is -0.391 e. The Morgan fingerprint density at radius 2 is 1.64 bits per heavy atom. The van der Waals surface area contributed by atoms with Gasteiger partial charge in [-0.25, -0.2) is 4.39 Å². The zero-order chi connectivity index (χ0) is 17.5. The van der Waals surface area contributed by atoms with Crippen molar-refractivity contribution in [1.82, 2.24) is 4.90 Å². The summed E-state index contributed by atoms with van der Waals surface area (Å²) in [5, 5.41) is 12.6. The number of halogens is 1. The van der Waals surface area contributed by atoms with E-state index in [-0.39, 0.29) is 5.82 Å². The molecule has 4 heteroatoms. The summed E-state index contributed by atoms with van der Waals surface area (Å²) in [5.74, 6) is -0.224. The van der Waals surface area contributed by atoms with E-state index in [1.54, 1.807) is 23.5 Å². The van der Waals surface area contributed by atoms with Crippen LogP contribution in [0.5, 0.6) is 0 Å². The lowest BCUT2D eigenvalue weighted by atomic mass is 10.1. The molecule has 0 saturated heterocycles. The molecule has 0 aliphatic carbocycles. The van der Waals surface area contributed by atoms with E-state index in [0.29, 0.717) is 19.5 Å². The van der Waals surface area contributed by atoms with Gasteiger partial charge in [0.1, 0.15) is 5.82 Å². The lowest BCUT2D eigenvalue weighted by molar-refractivity contribution is 0.105. The zero-order valence-electron chi connectivity index (χ0n) is 14.0. The number of benzene rings is 2. The molecule has 1 aromatic heterocycles. The molecule has 3 aromatic rings. The Balaban J connectivity index is 1.65. The van der Waals surface area contributed by atoms with E-state index in [0.717, 1.165) is 17.7 Å². The van der Waals surface area contributed by atoms with E-state index in [1.807, 2.05) is 36.4 Å². The maximum absolute atomic E-state index is 13.1. The highest BCUT2D eigenvalue weighted by molar-refractivity contribution is 7.09. The van der Waals surface area contributed by atoms with Crippen LogP contribution in [0.3, 0.4) is 0 Å². The van der Waals surface area contributed by atoms with E-state index < -0.39 is 6.10 Å². The Morgan fingerprint density at radius 3 is 2.32 bits per heavy atom. The topological polar surface area (TPSA) is 23.5 Å². The first-order valence-electron chi connectivity index (χ1n) is 8.40. The Hall–Kier alpha value is -2.01. The third-order valence-corrected chi connectivity index (χ3v) is 4.92. The molecule has 0 aliphatic heterocycles. The third-order valence-electron chi connectivity index (χ3n) is 4.06. The number of nitrogens with zero attached hydrogens (tertiary/aromatic N) is 1. The van der Waals surface area contributed by atoms with Gasteiger partial charge in [0, 0.05) is 24.5 Å². The van der Waals surface area contributed by atoms with Gasteiger partial charge in [-0.2, -0.15) is 0 Å². The minimum absolute atomic E-state index is 0.224. The Morgan fingerprint density at radius 1 is 0.880 bits per heavy atom. The van der Waals surface area contributed by atoms with E-state index in [9.17, 15) is 9.50 Å². The molecule has 25 heavy (non-hydrogen) atoms. The van der Waals surface area contributed by atoms with Gasteiger partial charge in [0.2, 0.25) is 0 Å². The third kappa shape index (κ3) is 5.78. The predicted molar refractivity (Wildman–Crippen MR) is 101 cm³/mol. The van der Waals surface area contributed by atoms with Crippen LogP contribution < -0.4 is 0 Å². The summed E-state index contributed by atoms with van der Waals surface area (Å²) in [5.41, 5.74) is 2.18. The van der Waals surface area contributed by atoms with Crippen molar-refractivity contribution in [2.24, 2.45) is 0 Å². The standard InChI is InChI=1S/C21H22FNOS/c22-19-10-8-18(9-11-19)14-23(16-21-7-4-12-25-21)15-20(24)13-17-5-2-1-3-6-17/h1-12,20,24H,13-16H2. The van der Waals surface area contributed by atoms with Gasteiger partial charge in [-0.3, -0.25) is 4.90 Å². The van der Waals surface area contributed by atoms with Crippen molar-refractivity contribution in [3.8, 4) is 0 Å². The molecule has 0 bridgehead atoms. The highest BCUT2D eigenvalue weighted by atomic mass is 32.1.